The number of carbonyl (C=O) groups excluding carboxylic acids is 1. The summed E-state index contributed by atoms with van der Waals surface area (Å²) in [5.41, 5.74) is 7.04. The van der Waals surface area contributed by atoms with E-state index in [1.165, 1.54) is 0 Å². The van der Waals surface area contributed by atoms with E-state index in [1.807, 2.05) is 6.92 Å². The first kappa shape index (κ1) is 20.2. The minimum atomic E-state index is -3.72. The molecule has 0 aliphatic heterocycles. The Kier molecular flexibility index (Phi) is 6.17. The SMILES string of the molecule is Cc1ccc(S(=O)(=O)C2(C(=O)NCC(N)C3CC3)CCCC2)cc1.Cl. The fraction of sp³-hybridized carbons (Fsp3) is 0.611. The number of amides is 1. The molecule has 0 bridgehead atoms. The van der Waals surface area contributed by atoms with E-state index >= 15 is 0 Å². The highest BCUT2D eigenvalue weighted by molar-refractivity contribution is 7.93. The molecule has 0 spiro atoms. The van der Waals surface area contributed by atoms with Gasteiger partial charge in [0.1, 0.15) is 0 Å². The number of sulfone groups is 1. The molecule has 0 heterocycles. The maximum absolute atomic E-state index is 13.2. The lowest BCUT2D eigenvalue weighted by atomic mass is 10.1. The van der Waals surface area contributed by atoms with Gasteiger partial charge in [0.05, 0.1) is 4.90 Å². The molecule has 25 heavy (non-hydrogen) atoms. The normalized spacial score (nSPS) is 20.6. The maximum Gasteiger partial charge on any atom is 0.241 e. The van der Waals surface area contributed by atoms with E-state index in [4.69, 9.17) is 5.73 Å². The predicted octanol–water partition coefficient (Wildman–Crippen LogP) is 2.36. The van der Waals surface area contributed by atoms with Gasteiger partial charge < -0.3 is 11.1 Å². The van der Waals surface area contributed by atoms with Crippen LogP contribution < -0.4 is 11.1 Å². The quantitative estimate of drug-likeness (QED) is 0.785. The molecule has 0 aromatic heterocycles. The van der Waals surface area contributed by atoms with Crippen molar-refractivity contribution in [2.75, 3.05) is 6.54 Å². The number of carbonyl (C=O) groups is 1. The van der Waals surface area contributed by atoms with Crippen LogP contribution in [-0.2, 0) is 14.6 Å². The summed E-state index contributed by atoms with van der Waals surface area (Å²) in [7, 11) is -3.72. The second kappa shape index (κ2) is 7.64. The fourth-order valence-electron chi connectivity index (χ4n) is 3.57. The van der Waals surface area contributed by atoms with Crippen molar-refractivity contribution in [3.05, 3.63) is 29.8 Å². The van der Waals surface area contributed by atoms with Gasteiger partial charge in [-0.1, -0.05) is 30.5 Å². The molecule has 3 N–H and O–H groups in total. The first-order valence-electron chi connectivity index (χ1n) is 8.72. The molecule has 1 aromatic rings. The zero-order valence-electron chi connectivity index (χ0n) is 14.5. The van der Waals surface area contributed by atoms with Gasteiger partial charge in [0.15, 0.2) is 14.6 Å². The molecule has 1 amide bonds. The molecular weight excluding hydrogens is 360 g/mol. The van der Waals surface area contributed by atoms with Gasteiger partial charge in [0.25, 0.3) is 0 Å². The topological polar surface area (TPSA) is 89.3 Å². The molecule has 1 atom stereocenters. The van der Waals surface area contributed by atoms with Crippen LogP contribution in [0.2, 0.25) is 0 Å². The largest absolute Gasteiger partial charge is 0.353 e. The van der Waals surface area contributed by atoms with Gasteiger partial charge >= 0.3 is 0 Å². The van der Waals surface area contributed by atoms with Crippen LogP contribution >= 0.6 is 12.4 Å². The number of benzene rings is 1. The minimum Gasteiger partial charge on any atom is -0.353 e. The molecule has 2 saturated carbocycles. The van der Waals surface area contributed by atoms with Crippen molar-refractivity contribution in [3.8, 4) is 0 Å². The van der Waals surface area contributed by atoms with E-state index < -0.39 is 14.6 Å². The average molecular weight is 387 g/mol. The number of hydrogen-bond donors (Lipinski definition) is 2. The van der Waals surface area contributed by atoms with Crippen LogP contribution in [0, 0.1) is 12.8 Å². The van der Waals surface area contributed by atoms with Crippen LogP contribution in [0.5, 0.6) is 0 Å². The Balaban J connectivity index is 0.00000225. The number of nitrogens with one attached hydrogen (secondary N) is 1. The number of nitrogens with two attached hydrogens (primary N) is 1. The lowest BCUT2D eigenvalue weighted by molar-refractivity contribution is -0.123. The predicted molar refractivity (Wildman–Crippen MR) is 101 cm³/mol. The number of rotatable bonds is 6. The molecular formula is C18H27ClN2O3S. The van der Waals surface area contributed by atoms with Crippen molar-refractivity contribution in [2.24, 2.45) is 11.7 Å². The standard InChI is InChI=1S/C18H26N2O3S.ClH/c1-13-4-8-15(9-5-13)24(22,23)18(10-2-3-11-18)17(21)20-12-16(19)14-6-7-14;/h4-5,8-9,14,16H,2-3,6-7,10-12,19H2,1H3,(H,20,21);1H. The number of aryl methyl sites for hydroxylation is 1. The fourth-order valence-corrected chi connectivity index (χ4v) is 5.66. The van der Waals surface area contributed by atoms with Crippen LogP contribution in [0.3, 0.4) is 0 Å². The van der Waals surface area contributed by atoms with Crippen molar-refractivity contribution < 1.29 is 13.2 Å². The van der Waals surface area contributed by atoms with Crippen LogP contribution in [0.15, 0.2) is 29.2 Å². The molecule has 140 valence electrons. The Bertz CT molecular complexity index is 708. The van der Waals surface area contributed by atoms with Crippen LogP contribution in [0.25, 0.3) is 0 Å². The van der Waals surface area contributed by atoms with E-state index in [2.05, 4.69) is 5.32 Å². The summed E-state index contributed by atoms with van der Waals surface area (Å²) in [5.74, 6) is 0.0928. The highest BCUT2D eigenvalue weighted by Crippen LogP contribution is 2.41. The monoisotopic (exact) mass is 386 g/mol. The van der Waals surface area contributed by atoms with E-state index in [-0.39, 0.29) is 29.3 Å². The Morgan fingerprint density at radius 3 is 2.32 bits per heavy atom. The highest BCUT2D eigenvalue weighted by atomic mass is 35.5. The second-order valence-corrected chi connectivity index (χ2v) is 9.49. The Morgan fingerprint density at radius 1 is 1.24 bits per heavy atom. The van der Waals surface area contributed by atoms with Gasteiger partial charge in [-0.15, -0.1) is 12.4 Å². The number of halogens is 1. The lowest BCUT2D eigenvalue weighted by Crippen LogP contribution is -2.53. The average Bonchev–Trinajstić information content (AvgIpc) is 3.28. The van der Waals surface area contributed by atoms with Gasteiger partial charge in [-0.25, -0.2) is 8.42 Å². The smallest absolute Gasteiger partial charge is 0.241 e. The summed E-state index contributed by atoms with van der Waals surface area (Å²) in [4.78, 5) is 13.1. The maximum atomic E-state index is 13.2. The summed E-state index contributed by atoms with van der Waals surface area (Å²) in [5, 5.41) is 2.83. The van der Waals surface area contributed by atoms with Crippen molar-refractivity contribution in [1.29, 1.82) is 0 Å². The lowest BCUT2D eigenvalue weighted by Gasteiger charge is -2.28. The summed E-state index contributed by atoms with van der Waals surface area (Å²) in [6.45, 7) is 2.27. The zero-order valence-corrected chi connectivity index (χ0v) is 16.2. The highest BCUT2D eigenvalue weighted by Gasteiger charge is 2.52. The molecule has 2 aliphatic rings. The third-order valence-corrected chi connectivity index (χ3v) is 7.91. The van der Waals surface area contributed by atoms with Crippen LogP contribution in [-0.4, -0.2) is 31.7 Å². The van der Waals surface area contributed by atoms with E-state index in [1.54, 1.807) is 24.3 Å². The first-order valence-corrected chi connectivity index (χ1v) is 10.2. The molecule has 3 rings (SSSR count). The van der Waals surface area contributed by atoms with Gasteiger partial charge in [0.2, 0.25) is 5.91 Å². The second-order valence-electron chi connectivity index (χ2n) is 7.23. The van der Waals surface area contributed by atoms with E-state index in [9.17, 15) is 13.2 Å². The van der Waals surface area contributed by atoms with Crippen molar-refractivity contribution in [2.45, 2.75) is 61.1 Å². The molecule has 2 fully saturated rings. The third-order valence-electron chi connectivity index (χ3n) is 5.40. The van der Waals surface area contributed by atoms with Gasteiger partial charge in [-0.3, -0.25) is 4.79 Å². The Labute approximate surface area is 156 Å². The minimum absolute atomic E-state index is 0. The van der Waals surface area contributed by atoms with Gasteiger partial charge in [-0.2, -0.15) is 0 Å². The van der Waals surface area contributed by atoms with Crippen molar-refractivity contribution in [3.63, 3.8) is 0 Å². The van der Waals surface area contributed by atoms with Gasteiger partial charge in [-0.05, 0) is 50.7 Å². The zero-order chi connectivity index (χ0) is 17.4. The third kappa shape index (κ3) is 3.86. The molecule has 2 aliphatic carbocycles. The summed E-state index contributed by atoms with van der Waals surface area (Å²) in [6, 6.07) is 6.68. The summed E-state index contributed by atoms with van der Waals surface area (Å²) < 4.78 is 25.1. The van der Waals surface area contributed by atoms with Gasteiger partial charge in [0, 0.05) is 12.6 Å². The van der Waals surface area contributed by atoms with E-state index in [0.29, 0.717) is 25.3 Å². The van der Waals surface area contributed by atoms with E-state index in [0.717, 1.165) is 31.2 Å². The molecule has 0 saturated heterocycles. The van der Waals surface area contributed by atoms with Crippen LogP contribution in [0.4, 0.5) is 0 Å². The molecule has 5 nitrogen and oxygen atoms in total. The first-order chi connectivity index (χ1) is 11.4. The molecule has 1 unspecified atom stereocenters. The van der Waals surface area contributed by atoms with Crippen molar-refractivity contribution >= 4 is 28.2 Å². The molecule has 1 aromatic carbocycles. The summed E-state index contributed by atoms with van der Waals surface area (Å²) >= 11 is 0. The Hall–Kier alpha value is -1.11. The summed E-state index contributed by atoms with van der Waals surface area (Å²) in [6.07, 6.45) is 4.48. The number of hydrogen-bond acceptors (Lipinski definition) is 4. The van der Waals surface area contributed by atoms with Crippen LogP contribution in [0.1, 0.15) is 44.1 Å². The van der Waals surface area contributed by atoms with Crippen molar-refractivity contribution in [1.82, 2.24) is 5.32 Å². The molecule has 0 radical (unpaired) electrons. The molecule has 7 heteroatoms. The Morgan fingerprint density at radius 2 is 1.80 bits per heavy atom.